The van der Waals surface area contributed by atoms with Gasteiger partial charge in [-0.25, -0.2) is 14.0 Å². The summed E-state index contributed by atoms with van der Waals surface area (Å²) in [5.74, 6) is -2.47. The second-order valence-corrected chi connectivity index (χ2v) is 7.08. The Morgan fingerprint density at radius 2 is 1.72 bits per heavy atom. The summed E-state index contributed by atoms with van der Waals surface area (Å²) in [5, 5.41) is 0.137. The average Bonchev–Trinajstić information content (AvgIpc) is 2.63. The van der Waals surface area contributed by atoms with E-state index in [1.165, 1.54) is 39.2 Å². The molecule has 3 rings (SSSR count). The quantitative estimate of drug-likeness (QED) is 0.408. The van der Waals surface area contributed by atoms with Crippen molar-refractivity contribution in [2.24, 2.45) is 0 Å². The van der Waals surface area contributed by atoms with Crippen LogP contribution in [0.1, 0.15) is 25.0 Å². The van der Waals surface area contributed by atoms with Crippen LogP contribution in [-0.2, 0) is 25.7 Å². The van der Waals surface area contributed by atoms with Gasteiger partial charge in [0, 0.05) is 19.4 Å². The van der Waals surface area contributed by atoms with E-state index in [2.05, 4.69) is 0 Å². The van der Waals surface area contributed by atoms with Crippen molar-refractivity contribution in [2.75, 3.05) is 7.11 Å². The summed E-state index contributed by atoms with van der Waals surface area (Å²) in [4.78, 5) is 24.2. The zero-order valence-corrected chi connectivity index (χ0v) is 16.7. The first-order valence-electron chi connectivity index (χ1n) is 8.61. The predicted molar refractivity (Wildman–Crippen MR) is 103 cm³/mol. The summed E-state index contributed by atoms with van der Waals surface area (Å²) in [6, 6.07) is 8.83. The lowest BCUT2D eigenvalue weighted by Gasteiger charge is -2.29. The maximum absolute atomic E-state index is 13.2. The number of rotatable bonds is 5. The number of carbonyl (C=O) groups is 2. The molecule has 1 aliphatic heterocycles. The molecule has 8 heteroatoms. The van der Waals surface area contributed by atoms with Crippen molar-refractivity contribution < 1.29 is 32.9 Å². The van der Waals surface area contributed by atoms with E-state index in [1.807, 2.05) is 0 Å². The highest BCUT2D eigenvalue weighted by atomic mass is 35.5. The Morgan fingerprint density at radius 1 is 1.07 bits per heavy atom. The number of methoxy groups -OCH3 is 1. The van der Waals surface area contributed by atoms with Gasteiger partial charge in [0.1, 0.15) is 29.5 Å². The Labute approximate surface area is 171 Å². The fourth-order valence-corrected chi connectivity index (χ4v) is 2.92. The predicted octanol–water partition coefficient (Wildman–Crippen LogP) is 4.29. The van der Waals surface area contributed by atoms with E-state index in [-0.39, 0.29) is 17.2 Å². The normalized spacial score (nSPS) is 15.4. The number of halogens is 2. The molecule has 2 aromatic rings. The number of hydrogen-bond donors (Lipinski definition) is 0. The number of carbonyl (C=O) groups excluding carboxylic acids is 2. The van der Waals surface area contributed by atoms with Gasteiger partial charge in [0.15, 0.2) is 0 Å². The average molecular weight is 421 g/mol. The third-order valence-electron chi connectivity index (χ3n) is 4.01. The first-order valence-corrected chi connectivity index (χ1v) is 8.99. The molecule has 0 bridgehead atoms. The molecule has 0 aromatic heterocycles. The molecule has 0 atom stereocenters. The van der Waals surface area contributed by atoms with Crippen LogP contribution in [0.2, 0.25) is 5.02 Å². The number of ether oxygens (including phenoxy) is 4. The topological polar surface area (TPSA) is 71.1 Å². The molecule has 0 spiro atoms. The SMILES string of the molecule is COc1ccc(C=C2C(=O)OC(C)(C)OC2=O)cc1COc1ccc(F)cc1Cl. The molecule has 2 aromatic carbocycles. The van der Waals surface area contributed by atoms with Crippen LogP contribution in [0, 0.1) is 5.82 Å². The van der Waals surface area contributed by atoms with E-state index in [0.717, 1.165) is 6.07 Å². The first kappa shape index (κ1) is 20.7. The molecule has 0 saturated carbocycles. The Balaban J connectivity index is 1.85. The van der Waals surface area contributed by atoms with Crippen LogP contribution < -0.4 is 9.47 Å². The maximum atomic E-state index is 13.2. The largest absolute Gasteiger partial charge is 0.496 e. The van der Waals surface area contributed by atoms with Gasteiger partial charge in [0.25, 0.3) is 5.79 Å². The minimum absolute atomic E-state index is 0.0630. The Morgan fingerprint density at radius 3 is 2.34 bits per heavy atom. The molecule has 1 aliphatic rings. The van der Waals surface area contributed by atoms with Crippen molar-refractivity contribution in [3.05, 3.63) is 63.9 Å². The second kappa shape index (κ2) is 8.13. The first-order chi connectivity index (χ1) is 13.7. The van der Waals surface area contributed by atoms with Crippen LogP contribution in [0.15, 0.2) is 42.0 Å². The van der Waals surface area contributed by atoms with Gasteiger partial charge in [-0.15, -0.1) is 0 Å². The van der Waals surface area contributed by atoms with E-state index in [9.17, 15) is 14.0 Å². The van der Waals surface area contributed by atoms with Gasteiger partial charge in [-0.1, -0.05) is 17.7 Å². The lowest BCUT2D eigenvalue weighted by molar-refractivity contribution is -0.222. The monoisotopic (exact) mass is 420 g/mol. The molecular weight excluding hydrogens is 403 g/mol. The zero-order valence-electron chi connectivity index (χ0n) is 16.0. The number of hydrogen-bond acceptors (Lipinski definition) is 6. The summed E-state index contributed by atoms with van der Waals surface area (Å²) in [5.41, 5.74) is 0.946. The summed E-state index contributed by atoms with van der Waals surface area (Å²) in [6.07, 6.45) is 1.37. The third-order valence-corrected chi connectivity index (χ3v) is 4.30. The fraction of sp³-hybridized carbons (Fsp3) is 0.238. The smallest absolute Gasteiger partial charge is 0.348 e. The van der Waals surface area contributed by atoms with Crippen molar-refractivity contribution in [3.8, 4) is 11.5 Å². The van der Waals surface area contributed by atoms with Gasteiger partial charge in [0.2, 0.25) is 0 Å². The maximum Gasteiger partial charge on any atom is 0.348 e. The summed E-state index contributed by atoms with van der Waals surface area (Å²) < 4.78 is 34.3. The third kappa shape index (κ3) is 4.86. The Hall–Kier alpha value is -3.06. The fourth-order valence-electron chi connectivity index (χ4n) is 2.69. The standard InChI is InChI=1S/C21H18ClFO6/c1-21(2)28-19(24)15(20(25)29-21)9-12-4-6-17(26-3)13(8-12)11-27-18-7-5-14(23)10-16(18)22/h4-10H,11H2,1-3H3. The minimum Gasteiger partial charge on any atom is -0.496 e. The van der Waals surface area contributed by atoms with Gasteiger partial charge >= 0.3 is 11.9 Å². The number of benzene rings is 2. The van der Waals surface area contributed by atoms with E-state index >= 15 is 0 Å². The molecule has 0 aliphatic carbocycles. The molecule has 0 unspecified atom stereocenters. The molecule has 6 nitrogen and oxygen atoms in total. The van der Waals surface area contributed by atoms with Gasteiger partial charge in [-0.05, 0) is 42.0 Å². The molecule has 0 N–H and O–H groups in total. The van der Waals surface area contributed by atoms with Crippen LogP contribution in [0.25, 0.3) is 6.08 Å². The summed E-state index contributed by atoms with van der Waals surface area (Å²) in [6.45, 7) is 3.01. The highest BCUT2D eigenvalue weighted by Gasteiger charge is 2.38. The van der Waals surface area contributed by atoms with Gasteiger partial charge in [-0.2, -0.15) is 0 Å². The van der Waals surface area contributed by atoms with Crippen LogP contribution in [0.5, 0.6) is 11.5 Å². The lowest BCUT2D eigenvalue weighted by atomic mass is 10.1. The van der Waals surface area contributed by atoms with Crippen molar-refractivity contribution in [2.45, 2.75) is 26.2 Å². The molecule has 0 radical (unpaired) electrons. The van der Waals surface area contributed by atoms with E-state index in [0.29, 0.717) is 22.6 Å². The molecule has 29 heavy (non-hydrogen) atoms. The second-order valence-electron chi connectivity index (χ2n) is 6.67. The van der Waals surface area contributed by atoms with E-state index in [1.54, 1.807) is 18.2 Å². The van der Waals surface area contributed by atoms with Crippen LogP contribution in [0.4, 0.5) is 4.39 Å². The van der Waals surface area contributed by atoms with Crippen molar-refractivity contribution in [3.63, 3.8) is 0 Å². The summed E-state index contributed by atoms with van der Waals surface area (Å²) >= 11 is 5.98. The Bertz CT molecular complexity index is 977. The molecule has 1 saturated heterocycles. The van der Waals surface area contributed by atoms with Crippen molar-refractivity contribution in [1.29, 1.82) is 0 Å². The van der Waals surface area contributed by atoms with Crippen LogP contribution >= 0.6 is 11.6 Å². The number of cyclic esters (lactones) is 2. The molecule has 152 valence electrons. The van der Waals surface area contributed by atoms with Gasteiger partial charge in [0.05, 0.1) is 12.1 Å². The zero-order chi connectivity index (χ0) is 21.2. The minimum atomic E-state index is -1.31. The van der Waals surface area contributed by atoms with Crippen LogP contribution in [0.3, 0.4) is 0 Å². The van der Waals surface area contributed by atoms with Crippen molar-refractivity contribution in [1.82, 2.24) is 0 Å². The molecule has 1 heterocycles. The highest BCUT2D eigenvalue weighted by Crippen LogP contribution is 2.29. The molecular formula is C21H18ClFO6. The molecule has 0 amide bonds. The van der Waals surface area contributed by atoms with E-state index in [4.69, 9.17) is 30.5 Å². The van der Waals surface area contributed by atoms with Gasteiger partial charge in [-0.3, -0.25) is 0 Å². The lowest BCUT2D eigenvalue weighted by Crippen LogP contribution is -2.41. The van der Waals surface area contributed by atoms with Gasteiger partial charge < -0.3 is 18.9 Å². The van der Waals surface area contributed by atoms with E-state index < -0.39 is 23.5 Å². The molecule has 1 fully saturated rings. The van der Waals surface area contributed by atoms with Crippen molar-refractivity contribution >= 4 is 29.6 Å². The summed E-state index contributed by atoms with van der Waals surface area (Å²) in [7, 11) is 1.50. The Kier molecular flexibility index (Phi) is 5.79. The number of esters is 2. The highest BCUT2D eigenvalue weighted by molar-refractivity contribution is 6.32. The van der Waals surface area contributed by atoms with Crippen LogP contribution in [-0.4, -0.2) is 24.8 Å².